The van der Waals surface area contributed by atoms with E-state index in [4.69, 9.17) is 0 Å². The Morgan fingerprint density at radius 3 is 2.85 bits per heavy atom. The zero-order valence-corrected chi connectivity index (χ0v) is 12.4. The molecule has 0 amide bonds. The number of aromatic nitrogens is 1. The third-order valence-corrected chi connectivity index (χ3v) is 3.61. The zero-order chi connectivity index (χ0) is 14.4. The first kappa shape index (κ1) is 14.8. The number of piperazine rings is 1. The van der Waals surface area contributed by atoms with Crippen LogP contribution in [0, 0.1) is 25.2 Å². The van der Waals surface area contributed by atoms with Gasteiger partial charge in [-0.2, -0.15) is 5.26 Å². The van der Waals surface area contributed by atoms with Gasteiger partial charge >= 0.3 is 0 Å². The molecular weight excluding hydrogens is 250 g/mol. The van der Waals surface area contributed by atoms with Gasteiger partial charge in [-0.15, -0.1) is 0 Å². The number of nitrogens with zero attached hydrogens (tertiary/aromatic N) is 3. The van der Waals surface area contributed by atoms with Gasteiger partial charge in [0.05, 0.1) is 5.56 Å². The quantitative estimate of drug-likeness (QED) is 0.791. The lowest BCUT2D eigenvalue weighted by molar-refractivity contribution is 0.240. The minimum absolute atomic E-state index is 0.665. The monoisotopic (exact) mass is 273 g/mol. The molecule has 1 aliphatic rings. The van der Waals surface area contributed by atoms with Crippen LogP contribution in [-0.2, 0) is 0 Å². The Morgan fingerprint density at radius 1 is 1.40 bits per heavy atom. The van der Waals surface area contributed by atoms with Crippen LogP contribution in [-0.4, -0.2) is 49.2 Å². The molecule has 0 atom stereocenters. The molecule has 0 bridgehead atoms. The summed E-state index contributed by atoms with van der Waals surface area (Å²) in [5.74, 6) is 0.727. The summed E-state index contributed by atoms with van der Waals surface area (Å²) >= 11 is 0. The topological polar surface area (TPSA) is 64.0 Å². The fourth-order valence-corrected chi connectivity index (χ4v) is 2.55. The van der Waals surface area contributed by atoms with Crippen LogP contribution >= 0.6 is 0 Å². The van der Waals surface area contributed by atoms with Crippen molar-refractivity contribution in [1.29, 1.82) is 5.26 Å². The molecule has 1 saturated heterocycles. The van der Waals surface area contributed by atoms with Gasteiger partial charge < -0.3 is 15.5 Å². The summed E-state index contributed by atoms with van der Waals surface area (Å²) in [6, 6.07) is 4.19. The first-order valence-electron chi connectivity index (χ1n) is 7.26. The maximum atomic E-state index is 9.21. The van der Waals surface area contributed by atoms with E-state index in [1.54, 1.807) is 0 Å². The first-order valence-corrected chi connectivity index (χ1v) is 7.26. The maximum absolute atomic E-state index is 9.21. The highest BCUT2D eigenvalue weighted by molar-refractivity contribution is 5.56. The second-order valence-corrected chi connectivity index (χ2v) is 5.29. The summed E-state index contributed by atoms with van der Waals surface area (Å²) in [5.41, 5.74) is 2.61. The molecule has 0 unspecified atom stereocenters. The molecule has 1 fully saturated rings. The van der Waals surface area contributed by atoms with Gasteiger partial charge in [0.2, 0.25) is 0 Å². The number of nitriles is 1. The molecule has 1 aromatic rings. The van der Waals surface area contributed by atoms with Crippen LogP contribution in [0.5, 0.6) is 0 Å². The molecule has 0 spiro atoms. The number of hydrogen-bond acceptors (Lipinski definition) is 5. The molecule has 5 nitrogen and oxygen atoms in total. The summed E-state index contributed by atoms with van der Waals surface area (Å²) in [5, 5.41) is 15.9. The lowest BCUT2D eigenvalue weighted by Gasteiger charge is -2.27. The number of hydrogen-bond donors (Lipinski definition) is 2. The number of anilines is 1. The molecule has 108 valence electrons. The number of nitrogens with one attached hydrogen (secondary N) is 2. The number of pyridine rings is 1. The van der Waals surface area contributed by atoms with Gasteiger partial charge in [0.25, 0.3) is 0 Å². The van der Waals surface area contributed by atoms with Crippen LogP contribution in [0.3, 0.4) is 0 Å². The maximum Gasteiger partial charge on any atom is 0.144 e. The van der Waals surface area contributed by atoms with Crippen LogP contribution in [0.25, 0.3) is 0 Å². The highest BCUT2D eigenvalue weighted by atomic mass is 15.2. The van der Waals surface area contributed by atoms with E-state index in [2.05, 4.69) is 26.6 Å². The largest absolute Gasteiger partial charge is 0.369 e. The van der Waals surface area contributed by atoms with Crippen molar-refractivity contribution in [2.45, 2.75) is 20.3 Å². The molecule has 0 radical (unpaired) electrons. The van der Waals surface area contributed by atoms with Crippen molar-refractivity contribution in [3.05, 3.63) is 22.9 Å². The van der Waals surface area contributed by atoms with E-state index in [-0.39, 0.29) is 0 Å². The van der Waals surface area contributed by atoms with Gasteiger partial charge in [-0.1, -0.05) is 0 Å². The predicted molar refractivity (Wildman–Crippen MR) is 80.8 cm³/mol. The third kappa shape index (κ3) is 3.92. The van der Waals surface area contributed by atoms with Gasteiger partial charge in [-0.05, 0) is 38.4 Å². The van der Waals surface area contributed by atoms with Crippen molar-refractivity contribution in [2.75, 3.05) is 44.6 Å². The van der Waals surface area contributed by atoms with Crippen LogP contribution in [0.2, 0.25) is 0 Å². The van der Waals surface area contributed by atoms with Crippen LogP contribution in [0.4, 0.5) is 5.82 Å². The van der Waals surface area contributed by atoms with E-state index in [1.165, 1.54) is 0 Å². The van der Waals surface area contributed by atoms with Crippen molar-refractivity contribution in [2.24, 2.45) is 0 Å². The predicted octanol–water partition coefficient (Wildman–Crippen LogP) is 1.28. The molecule has 2 N–H and O–H groups in total. The lowest BCUT2D eigenvalue weighted by atomic mass is 10.1. The Hall–Kier alpha value is -1.64. The Labute approximate surface area is 121 Å². The Balaban J connectivity index is 1.83. The SMILES string of the molecule is Cc1cc(C)c(C#N)c(NCCCN2CCNCC2)n1. The average Bonchev–Trinajstić information content (AvgIpc) is 2.44. The molecule has 2 rings (SSSR count). The highest BCUT2D eigenvalue weighted by Crippen LogP contribution is 2.17. The average molecular weight is 273 g/mol. The zero-order valence-electron chi connectivity index (χ0n) is 12.4. The van der Waals surface area contributed by atoms with Crippen molar-refractivity contribution in [3.8, 4) is 6.07 Å². The molecule has 5 heteroatoms. The van der Waals surface area contributed by atoms with E-state index < -0.39 is 0 Å². The van der Waals surface area contributed by atoms with Gasteiger partial charge in [0, 0.05) is 38.4 Å². The smallest absolute Gasteiger partial charge is 0.144 e. The molecular formula is C15H23N5. The molecule has 20 heavy (non-hydrogen) atoms. The number of aryl methyl sites for hydroxylation is 2. The van der Waals surface area contributed by atoms with Crippen molar-refractivity contribution in [3.63, 3.8) is 0 Å². The highest BCUT2D eigenvalue weighted by Gasteiger charge is 2.10. The molecule has 0 saturated carbocycles. The molecule has 1 aromatic heterocycles. The van der Waals surface area contributed by atoms with Gasteiger partial charge in [-0.25, -0.2) is 4.98 Å². The summed E-state index contributed by atoms with van der Waals surface area (Å²) in [7, 11) is 0. The minimum atomic E-state index is 0.665. The summed E-state index contributed by atoms with van der Waals surface area (Å²) < 4.78 is 0. The second kappa shape index (κ2) is 7.22. The van der Waals surface area contributed by atoms with Gasteiger partial charge in [0.15, 0.2) is 0 Å². The lowest BCUT2D eigenvalue weighted by Crippen LogP contribution is -2.44. The summed E-state index contributed by atoms with van der Waals surface area (Å²) in [4.78, 5) is 6.90. The molecule has 2 heterocycles. The summed E-state index contributed by atoms with van der Waals surface area (Å²) in [6.07, 6.45) is 1.07. The fraction of sp³-hybridized carbons (Fsp3) is 0.600. The Kier molecular flexibility index (Phi) is 5.33. The Morgan fingerprint density at radius 2 is 2.15 bits per heavy atom. The van der Waals surface area contributed by atoms with Crippen molar-refractivity contribution in [1.82, 2.24) is 15.2 Å². The van der Waals surface area contributed by atoms with E-state index in [0.717, 1.165) is 62.8 Å². The minimum Gasteiger partial charge on any atom is -0.369 e. The van der Waals surface area contributed by atoms with E-state index in [9.17, 15) is 5.26 Å². The second-order valence-electron chi connectivity index (χ2n) is 5.29. The van der Waals surface area contributed by atoms with E-state index in [1.807, 2.05) is 19.9 Å². The van der Waals surface area contributed by atoms with E-state index >= 15 is 0 Å². The van der Waals surface area contributed by atoms with Gasteiger partial charge in [0.1, 0.15) is 11.9 Å². The van der Waals surface area contributed by atoms with Gasteiger partial charge in [-0.3, -0.25) is 0 Å². The fourth-order valence-electron chi connectivity index (χ4n) is 2.55. The van der Waals surface area contributed by atoms with Crippen molar-refractivity contribution >= 4 is 5.82 Å². The Bertz CT molecular complexity index is 486. The molecule has 0 aromatic carbocycles. The van der Waals surface area contributed by atoms with Crippen LogP contribution in [0.15, 0.2) is 6.07 Å². The van der Waals surface area contributed by atoms with Crippen molar-refractivity contribution < 1.29 is 0 Å². The van der Waals surface area contributed by atoms with Crippen LogP contribution < -0.4 is 10.6 Å². The normalized spacial score (nSPS) is 15.8. The van der Waals surface area contributed by atoms with E-state index in [0.29, 0.717) is 5.56 Å². The van der Waals surface area contributed by atoms with Crippen LogP contribution in [0.1, 0.15) is 23.2 Å². The molecule has 1 aliphatic heterocycles. The molecule has 0 aliphatic carbocycles. The standard InChI is InChI=1S/C15H23N5/c1-12-10-13(2)19-15(14(12)11-16)18-4-3-7-20-8-5-17-6-9-20/h10,17H,3-9H2,1-2H3,(H,18,19). The summed E-state index contributed by atoms with van der Waals surface area (Å²) in [6.45, 7) is 10.3. The number of rotatable bonds is 5. The first-order chi connectivity index (χ1) is 9.70. The third-order valence-electron chi connectivity index (χ3n) is 3.61.